The van der Waals surface area contributed by atoms with Crippen LogP contribution in [0.15, 0.2) is 28.9 Å². The van der Waals surface area contributed by atoms with Gasteiger partial charge in [0.25, 0.3) is 0 Å². The highest BCUT2D eigenvalue weighted by molar-refractivity contribution is 9.10. The highest BCUT2D eigenvalue weighted by atomic mass is 79.9. The molecule has 0 radical (unpaired) electrons. The zero-order chi connectivity index (χ0) is 11.0. The van der Waals surface area contributed by atoms with Gasteiger partial charge in [-0.05, 0) is 47.5 Å². The monoisotopic (exact) mass is 265 g/mol. The highest BCUT2D eigenvalue weighted by Crippen LogP contribution is 2.20. The molecule has 2 nitrogen and oxygen atoms in total. The minimum absolute atomic E-state index is 0.115. The summed E-state index contributed by atoms with van der Waals surface area (Å²) < 4.78 is 3.15. The van der Waals surface area contributed by atoms with Gasteiger partial charge in [0, 0.05) is 27.4 Å². The van der Waals surface area contributed by atoms with E-state index >= 15 is 0 Å². The number of carbonyl (C=O) groups is 1. The molecule has 15 heavy (non-hydrogen) atoms. The van der Waals surface area contributed by atoms with Crippen LogP contribution in [0.1, 0.15) is 29.9 Å². The third-order valence-corrected chi connectivity index (χ3v) is 2.95. The van der Waals surface area contributed by atoms with Crippen LogP contribution in [0, 0.1) is 0 Å². The van der Waals surface area contributed by atoms with Crippen molar-refractivity contribution in [2.24, 2.45) is 0 Å². The molecule has 3 heteroatoms. The molecular formula is C12H12BrNO. The van der Waals surface area contributed by atoms with E-state index in [1.807, 2.05) is 24.4 Å². The predicted octanol–water partition coefficient (Wildman–Crippen LogP) is 3.47. The first-order valence-corrected chi connectivity index (χ1v) is 5.72. The van der Waals surface area contributed by atoms with Crippen molar-refractivity contribution in [3.05, 3.63) is 40.1 Å². The van der Waals surface area contributed by atoms with Gasteiger partial charge in [0.2, 0.25) is 0 Å². The number of pyridine rings is 1. The summed E-state index contributed by atoms with van der Waals surface area (Å²) in [5, 5.41) is 0. The maximum absolute atomic E-state index is 11.3. The van der Waals surface area contributed by atoms with Crippen molar-refractivity contribution in [3.63, 3.8) is 0 Å². The van der Waals surface area contributed by atoms with E-state index in [4.69, 9.17) is 0 Å². The third-order valence-electron chi connectivity index (χ3n) is 2.52. The molecule has 2 heterocycles. The summed E-state index contributed by atoms with van der Waals surface area (Å²) in [5.41, 5.74) is 3.00. The maximum atomic E-state index is 11.3. The summed E-state index contributed by atoms with van der Waals surface area (Å²) in [6.07, 6.45) is 2.94. The van der Waals surface area contributed by atoms with Gasteiger partial charge in [0.1, 0.15) is 0 Å². The lowest BCUT2D eigenvalue weighted by Crippen LogP contribution is -1.99. The van der Waals surface area contributed by atoms with E-state index in [0.717, 1.165) is 27.7 Å². The molecule has 0 saturated heterocycles. The molecule has 0 aliphatic heterocycles. The van der Waals surface area contributed by atoms with Crippen LogP contribution in [-0.4, -0.2) is 10.2 Å². The van der Waals surface area contributed by atoms with Crippen molar-refractivity contribution in [3.8, 4) is 0 Å². The van der Waals surface area contributed by atoms with Gasteiger partial charge in [-0.1, -0.05) is 6.92 Å². The fourth-order valence-corrected chi connectivity index (χ4v) is 2.17. The van der Waals surface area contributed by atoms with Crippen LogP contribution in [0.3, 0.4) is 0 Å². The second-order valence-electron chi connectivity index (χ2n) is 3.60. The number of hydrogen-bond acceptors (Lipinski definition) is 1. The molecule has 0 N–H and O–H groups in total. The highest BCUT2D eigenvalue weighted by Gasteiger charge is 2.06. The van der Waals surface area contributed by atoms with Gasteiger partial charge in [0.15, 0.2) is 5.78 Å². The largest absolute Gasteiger partial charge is 0.320 e. The molecular weight excluding hydrogens is 254 g/mol. The van der Waals surface area contributed by atoms with Gasteiger partial charge in [-0.25, -0.2) is 0 Å². The summed E-state index contributed by atoms with van der Waals surface area (Å²) in [5.74, 6) is 0.115. The SMILES string of the molecule is CCc1cc(C(C)=O)cc2cc(Br)cn12. The Bertz CT molecular complexity index is 528. The van der Waals surface area contributed by atoms with Crippen LogP contribution >= 0.6 is 15.9 Å². The Kier molecular flexibility index (Phi) is 2.65. The van der Waals surface area contributed by atoms with Crippen molar-refractivity contribution < 1.29 is 4.79 Å². The van der Waals surface area contributed by atoms with E-state index in [-0.39, 0.29) is 5.78 Å². The number of nitrogens with zero attached hydrogens (tertiary/aromatic N) is 1. The number of aromatic nitrogens is 1. The van der Waals surface area contributed by atoms with E-state index in [1.165, 1.54) is 0 Å². The first-order chi connectivity index (χ1) is 7.11. The number of aryl methyl sites for hydroxylation is 1. The van der Waals surface area contributed by atoms with E-state index < -0.39 is 0 Å². The van der Waals surface area contributed by atoms with E-state index in [0.29, 0.717) is 0 Å². The average molecular weight is 266 g/mol. The molecule has 78 valence electrons. The molecule has 2 aromatic heterocycles. The van der Waals surface area contributed by atoms with E-state index in [9.17, 15) is 4.79 Å². The molecule has 0 saturated carbocycles. The van der Waals surface area contributed by atoms with Crippen LogP contribution in [0.4, 0.5) is 0 Å². The summed E-state index contributed by atoms with van der Waals surface area (Å²) in [6, 6.07) is 5.90. The van der Waals surface area contributed by atoms with E-state index in [2.05, 4.69) is 27.3 Å². The fourth-order valence-electron chi connectivity index (χ4n) is 1.73. The van der Waals surface area contributed by atoms with Gasteiger partial charge >= 0.3 is 0 Å². The quantitative estimate of drug-likeness (QED) is 0.763. The zero-order valence-corrected chi connectivity index (χ0v) is 10.3. The molecule has 0 fully saturated rings. The number of Topliss-reactive ketones (excluding diaryl/α,β-unsaturated/α-hetero) is 1. The average Bonchev–Trinajstić information content (AvgIpc) is 2.56. The molecule has 0 aliphatic carbocycles. The van der Waals surface area contributed by atoms with Gasteiger partial charge < -0.3 is 4.40 Å². The Hall–Kier alpha value is -1.09. The molecule has 0 spiro atoms. The molecule has 2 rings (SSSR count). The Balaban J connectivity index is 2.76. The Morgan fingerprint density at radius 2 is 2.13 bits per heavy atom. The first kappa shape index (κ1) is 10.4. The minimum Gasteiger partial charge on any atom is -0.320 e. The lowest BCUT2D eigenvalue weighted by Gasteiger charge is -2.05. The first-order valence-electron chi connectivity index (χ1n) is 4.93. The number of hydrogen-bond donors (Lipinski definition) is 0. The van der Waals surface area contributed by atoms with Crippen LogP contribution in [0.2, 0.25) is 0 Å². The molecule has 2 aromatic rings. The lowest BCUT2D eigenvalue weighted by molar-refractivity contribution is 0.101. The number of rotatable bonds is 2. The number of fused-ring (bicyclic) bond motifs is 1. The maximum Gasteiger partial charge on any atom is 0.159 e. The zero-order valence-electron chi connectivity index (χ0n) is 8.75. The smallest absolute Gasteiger partial charge is 0.159 e. The molecule has 0 aromatic carbocycles. The van der Waals surface area contributed by atoms with Crippen LogP contribution in [-0.2, 0) is 6.42 Å². The second kappa shape index (κ2) is 3.81. The Morgan fingerprint density at radius 3 is 2.73 bits per heavy atom. The van der Waals surface area contributed by atoms with Crippen molar-refractivity contribution in [1.82, 2.24) is 4.40 Å². The van der Waals surface area contributed by atoms with Gasteiger partial charge in [-0.3, -0.25) is 4.79 Å². The molecule has 0 unspecified atom stereocenters. The van der Waals surface area contributed by atoms with Crippen LogP contribution in [0.25, 0.3) is 5.52 Å². The standard InChI is InChI=1S/C12H12BrNO/c1-3-11-4-9(8(2)15)5-12-6-10(13)7-14(11)12/h4-7H,3H2,1-2H3. The fraction of sp³-hybridized carbons (Fsp3) is 0.250. The third kappa shape index (κ3) is 1.84. The number of halogens is 1. The molecule has 0 atom stereocenters. The van der Waals surface area contributed by atoms with Gasteiger partial charge in [-0.2, -0.15) is 0 Å². The molecule has 0 bridgehead atoms. The summed E-state index contributed by atoms with van der Waals surface area (Å²) >= 11 is 3.44. The van der Waals surface area contributed by atoms with E-state index in [1.54, 1.807) is 6.92 Å². The number of carbonyl (C=O) groups excluding carboxylic acids is 1. The van der Waals surface area contributed by atoms with Crippen molar-refractivity contribution in [2.45, 2.75) is 20.3 Å². The second-order valence-corrected chi connectivity index (χ2v) is 4.51. The molecule has 0 aliphatic rings. The topological polar surface area (TPSA) is 21.5 Å². The van der Waals surface area contributed by atoms with Crippen LogP contribution < -0.4 is 0 Å². The van der Waals surface area contributed by atoms with Crippen molar-refractivity contribution in [1.29, 1.82) is 0 Å². The Labute approximate surface area is 97.0 Å². The van der Waals surface area contributed by atoms with Gasteiger partial charge in [0.05, 0.1) is 0 Å². The van der Waals surface area contributed by atoms with Crippen molar-refractivity contribution in [2.75, 3.05) is 0 Å². The summed E-state index contributed by atoms with van der Waals surface area (Å²) in [4.78, 5) is 11.3. The Morgan fingerprint density at radius 1 is 1.40 bits per heavy atom. The molecule has 0 amide bonds. The lowest BCUT2D eigenvalue weighted by atomic mass is 10.1. The van der Waals surface area contributed by atoms with Crippen molar-refractivity contribution >= 4 is 27.2 Å². The minimum atomic E-state index is 0.115. The predicted molar refractivity (Wildman–Crippen MR) is 64.5 cm³/mol. The summed E-state index contributed by atoms with van der Waals surface area (Å²) in [6.45, 7) is 3.69. The number of ketones is 1. The van der Waals surface area contributed by atoms with Crippen LogP contribution in [0.5, 0.6) is 0 Å². The normalized spacial score (nSPS) is 10.9. The summed E-state index contributed by atoms with van der Waals surface area (Å²) in [7, 11) is 0. The van der Waals surface area contributed by atoms with Gasteiger partial charge in [-0.15, -0.1) is 0 Å².